The first-order valence-corrected chi connectivity index (χ1v) is 12.3. The molecule has 0 bridgehead atoms. The summed E-state index contributed by atoms with van der Waals surface area (Å²) in [4.78, 5) is 19.6. The lowest BCUT2D eigenvalue weighted by atomic mass is 10.1. The van der Waals surface area contributed by atoms with Crippen molar-refractivity contribution < 1.29 is 27.8 Å². The van der Waals surface area contributed by atoms with Crippen molar-refractivity contribution in [1.29, 1.82) is 0 Å². The maximum absolute atomic E-state index is 13.0. The number of carbonyl (C=O) groups excluding carboxylic acids is 1. The zero-order valence-corrected chi connectivity index (χ0v) is 20.7. The molecule has 0 radical (unpaired) electrons. The molecule has 0 N–H and O–H groups in total. The molecule has 0 aliphatic heterocycles. The maximum atomic E-state index is 13.0. The number of nitrogens with zero attached hydrogens (tertiary/aromatic N) is 2. The van der Waals surface area contributed by atoms with E-state index in [-0.39, 0.29) is 11.5 Å². The van der Waals surface area contributed by atoms with Gasteiger partial charge in [-0.1, -0.05) is 0 Å². The first-order chi connectivity index (χ1) is 16.7. The van der Waals surface area contributed by atoms with Gasteiger partial charge in [0.05, 0.1) is 24.2 Å². The number of aromatic nitrogens is 1. The Hall–Kier alpha value is -3.20. The molecule has 186 valence electrons. The van der Waals surface area contributed by atoms with Crippen molar-refractivity contribution in [3.05, 3.63) is 64.6 Å². The smallest absolute Gasteiger partial charge is 0.387 e. The van der Waals surface area contributed by atoms with Gasteiger partial charge in [-0.3, -0.25) is 4.98 Å². The number of thiazole rings is 1. The van der Waals surface area contributed by atoms with E-state index in [1.54, 1.807) is 36.0 Å². The summed E-state index contributed by atoms with van der Waals surface area (Å²) in [7, 11) is 0. The van der Waals surface area contributed by atoms with E-state index in [0.717, 1.165) is 29.1 Å². The van der Waals surface area contributed by atoms with Crippen molar-refractivity contribution in [3.63, 3.8) is 0 Å². The van der Waals surface area contributed by atoms with Crippen LogP contribution in [0.3, 0.4) is 0 Å². The number of alkyl halides is 2. The highest BCUT2D eigenvalue weighted by atomic mass is 32.1. The average molecular weight is 503 g/mol. The molecule has 1 saturated carbocycles. The van der Waals surface area contributed by atoms with Crippen LogP contribution in [0.1, 0.15) is 48.8 Å². The minimum absolute atomic E-state index is 0.00224. The van der Waals surface area contributed by atoms with Gasteiger partial charge in [0.1, 0.15) is 5.60 Å². The summed E-state index contributed by atoms with van der Waals surface area (Å²) in [5.74, 6) is 0.325. The Bertz CT molecular complexity index is 1130. The molecule has 1 aliphatic carbocycles. The normalized spacial score (nSPS) is 13.5. The fraction of sp³-hybridized carbons (Fsp3) is 0.385. The predicted octanol–water partition coefficient (Wildman–Crippen LogP) is 6.83. The van der Waals surface area contributed by atoms with E-state index in [9.17, 15) is 13.6 Å². The van der Waals surface area contributed by atoms with Crippen LogP contribution in [-0.4, -0.2) is 29.8 Å². The van der Waals surface area contributed by atoms with E-state index in [4.69, 9.17) is 14.2 Å². The van der Waals surface area contributed by atoms with Crippen molar-refractivity contribution in [2.24, 2.45) is 5.92 Å². The average Bonchev–Trinajstić information content (AvgIpc) is 3.48. The molecule has 1 heterocycles. The van der Waals surface area contributed by atoms with Crippen molar-refractivity contribution in [3.8, 4) is 11.5 Å². The van der Waals surface area contributed by atoms with Gasteiger partial charge in [-0.15, -0.1) is 11.3 Å². The summed E-state index contributed by atoms with van der Waals surface area (Å²) in [6.45, 7) is 3.47. The monoisotopic (exact) mass is 502 g/mol. The molecule has 2 aromatic carbocycles. The molecule has 0 spiro atoms. The van der Waals surface area contributed by atoms with Gasteiger partial charge in [0.25, 0.3) is 0 Å². The maximum Gasteiger partial charge on any atom is 0.387 e. The van der Waals surface area contributed by atoms with Crippen molar-refractivity contribution in [2.45, 2.75) is 52.4 Å². The van der Waals surface area contributed by atoms with Crippen LogP contribution in [-0.2, 0) is 11.3 Å². The Morgan fingerprint density at radius 2 is 1.83 bits per heavy atom. The third-order valence-corrected chi connectivity index (χ3v) is 6.00. The van der Waals surface area contributed by atoms with E-state index in [0.29, 0.717) is 24.6 Å². The van der Waals surface area contributed by atoms with Crippen LogP contribution in [0.25, 0.3) is 0 Å². The molecule has 0 amide bonds. The van der Waals surface area contributed by atoms with Gasteiger partial charge in [-0.2, -0.15) is 8.78 Å². The lowest BCUT2D eigenvalue weighted by molar-refractivity contribution is -0.0515. The Morgan fingerprint density at radius 3 is 2.43 bits per heavy atom. The van der Waals surface area contributed by atoms with E-state index >= 15 is 0 Å². The second-order valence-corrected chi connectivity index (χ2v) is 10.3. The number of anilines is 2. The van der Waals surface area contributed by atoms with E-state index < -0.39 is 18.2 Å². The van der Waals surface area contributed by atoms with E-state index in [1.807, 2.05) is 37.8 Å². The van der Waals surface area contributed by atoms with Gasteiger partial charge in [-0.25, -0.2) is 4.79 Å². The Balaban J connectivity index is 1.64. The van der Waals surface area contributed by atoms with E-state index in [2.05, 4.69) is 4.98 Å². The van der Waals surface area contributed by atoms with Crippen LogP contribution in [0.15, 0.2) is 54.2 Å². The standard InChI is InChI=1S/C26H28F2N2O4S/c1-26(2,3)34-24(31)18-6-8-19(9-7-18)30(14-21-13-29-16-35-21)20-10-11-22(33-25(27)28)23(12-20)32-15-17-4-5-17/h6-13,16-17,25H,4-5,14-15H2,1-3H3. The third kappa shape index (κ3) is 7.14. The van der Waals surface area contributed by atoms with Crippen LogP contribution >= 0.6 is 11.3 Å². The molecule has 9 heteroatoms. The summed E-state index contributed by atoms with van der Waals surface area (Å²) >= 11 is 1.51. The summed E-state index contributed by atoms with van der Waals surface area (Å²) in [6, 6.07) is 12.0. The van der Waals surface area contributed by atoms with Crippen molar-refractivity contribution in [2.75, 3.05) is 11.5 Å². The lowest BCUT2D eigenvalue weighted by Crippen LogP contribution is -2.24. The highest BCUT2D eigenvalue weighted by Crippen LogP contribution is 2.38. The summed E-state index contributed by atoms with van der Waals surface area (Å²) in [5, 5.41) is 0. The molecule has 1 fully saturated rings. The molecule has 1 aliphatic rings. The van der Waals surface area contributed by atoms with Gasteiger partial charge in [0, 0.05) is 28.5 Å². The van der Waals surface area contributed by atoms with Gasteiger partial charge in [-0.05, 0) is 75.9 Å². The topological polar surface area (TPSA) is 60.9 Å². The largest absolute Gasteiger partial charge is 0.489 e. The number of esters is 1. The van der Waals surface area contributed by atoms with Gasteiger partial charge in [0.15, 0.2) is 11.5 Å². The summed E-state index contributed by atoms with van der Waals surface area (Å²) < 4.78 is 41.9. The molecule has 35 heavy (non-hydrogen) atoms. The minimum Gasteiger partial charge on any atom is -0.489 e. The van der Waals surface area contributed by atoms with Gasteiger partial charge < -0.3 is 19.1 Å². The number of ether oxygens (including phenoxy) is 3. The Morgan fingerprint density at radius 1 is 1.11 bits per heavy atom. The first-order valence-electron chi connectivity index (χ1n) is 11.4. The third-order valence-electron chi connectivity index (χ3n) is 5.24. The highest BCUT2D eigenvalue weighted by Gasteiger charge is 2.24. The quantitative estimate of drug-likeness (QED) is 0.283. The predicted molar refractivity (Wildman–Crippen MR) is 131 cm³/mol. The van der Waals surface area contributed by atoms with Crippen LogP contribution in [0.2, 0.25) is 0 Å². The molecule has 3 aromatic rings. The molecule has 1 aromatic heterocycles. The van der Waals surface area contributed by atoms with E-state index in [1.165, 1.54) is 17.4 Å². The zero-order valence-electron chi connectivity index (χ0n) is 19.9. The molecule has 6 nitrogen and oxygen atoms in total. The number of halogens is 2. The van der Waals surface area contributed by atoms with Crippen molar-refractivity contribution in [1.82, 2.24) is 4.98 Å². The number of rotatable bonds is 10. The van der Waals surface area contributed by atoms with Gasteiger partial charge >= 0.3 is 12.6 Å². The fourth-order valence-electron chi connectivity index (χ4n) is 3.39. The van der Waals surface area contributed by atoms with Crippen LogP contribution < -0.4 is 14.4 Å². The van der Waals surface area contributed by atoms with Crippen LogP contribution in [0, 0.1) is 5.92 Å². The number of carbonyl (C=O) groups is 1. The fourth-order valence-corrected chi connectivity index (χ4v) is 3.97. The SMILES string of the molecule is CC(C)(C)OC(=O)c1ccc(N(Cc2cncs2)c2ccc(OC(F)F)c(OCC3CC3)c2)cc1. The van der Waals surface area contributed by atoms with Gasteiger partial charge in [0.2, 0.25) is 0 Å². The second kappa shape index (κ2) is 10.6. The molecule has 0 saturated heterocycles. The molecule has 0 atom stereocenters. The second-order valence-electron chi connectivity index (χ2n) is 9.37. The summed E-state index contributed by atoms with van der Waals surface area (Å²) in [6.07, 6.45) is 3.93. The lowest BCUT2D eigenvalue weighted by Gasteiger charge is -2.26. The summed E-state index contributed by atoms with van der Waals surface area (Å²) in [5.41, 5.74) is 3.14. The minimum atomic E-state index is -2.95. The molecular formula is C26H28F2N2O4S. The number of benzene rings is 2. The van der Waals surface area contributed by atoms with Crippen LogP contribution in [0.4, 0.5) is 20.2 Å². The Kier molecular flexibility index (Phi) is 7.54. The molecular weight excluding hydrogens is 474 g/mol. The van der Waals surface area contributed by atoms with Crippen LogP contribution in [0.5, 0.6) is 11.5 Å². The zero-order chi connectivity index (χ0) is 25.0. The molecule has 0 unspecified atom stereocenters. The van der Waals surface area contributed by atoms with Crippen molar-refractivity contribution >= 4 is 28.7 Å². The number of hydrogen-bond acceptors (Lipinski definition) is 7. The number of hydrogen-bond donors (Lipinski definition) is 0. The Labute approximate surface area is 207 Å². The first kappa shape index (κ1) is 24.9. The highest BCUT2D eigenvalue weighted by molar-refractivity contribution is 7.09. The molecule has 4 rings (SSSR count).